The summed E-state index contributed by atoms with van der Waals surface area (Å²) in [6.07, 6.45) is 3.74. The molecule has 1 aromatic carbocycles. The summed E-state index contributed by atoms with van der Waals surface area (Å²) < 4.78 is 2.86. The molecule has 0 saturated carbocycles. The van der Waals surface area contributed by atoms with E-state index >= 15 is 0 Å². The van der Waals surface area contributed by atoms with E-state index < -0.39 is 0 Å². The number of nitrogens with zero attached hydrogens (tertiary/aromatic N) is 5. The monoisotopic (exact) mass is 396 g/mol. The highest BCUT2D eigenvalue weighted by Crippen LogP contribution is 2.09. The van der Waals surface area contributed by atoms with Crippen LogP contribution in [0.2, 0.25) is 0 Å². The largest absolute Gasteiger partial charge is 0.353 e. The van der Waals surface area contributed by atoms with Crippen LogP contribution in [0.25, 0.3) is 11.0 Å². The molecule has 2 aromatic heterocycles. The lowest BCUT2D eigenvalue weighted by molar-refractivity contribution is -0.122. The van der Waals surface area contributed by atoms with Crippen molar-refractivity contribution in [2.75, 3.05) is 19.6 Å². The Labute approximate surface area is 170 Å². The summed E-state index contributed by atoms with van der Waals surface area (Å²) in [5.74, 6) is -0.206. The molecule has 8 heteroatoms. The van der Waals surface area contributed by atoms with Gasteiger partial charge in [0.1, 0.15) is 18.3 Å². The van der Waals surface area contributed by atoms with Crippen LogP contribution in [0.3, 0.4) is 0 Å². The van der Waals surface area contributed by atoms with E-state index in [1.807, 2.05) is 18.2 Å². The second-order valence-electron chi connectivity index (χ2n) is 7.05. The molecule has 29 heavy (non-hydrogen) atoms. The number of carbonyl (C=O) groups is 1. The summed E-state index contributed by atoms with van der Waals surface area (Å²) in [4.78, 5) is 31.6. The van der Waals surface area contributed by atoms with Crippen molar-refractivity contribution in [3.8, 4) is 0 Å². The number of hydrogen-bond acceptors (Lipinski definition) is 5. The van der Waals surface area contributed by atoms with Gasteiger partial charge in [-0.15, -0.1) is 0 Å². The van der Waals surface area contributed by atoms with Crippen LogP contribution < -0.4 is 10.9 Å². The highest BCUT2D eigenvalue weighted by atomic mass is 16.2. The van der Waals surface area contributed by atoms with E-state index in [0.717, 1.165) is 19.5 Å². The quantitative estimate of drug-likeness (QED) is 0.587. The topological polar surface area (TPSA) is 85.1 Å². The van der Waals surface area contributed by atoms with E-state index in [4.69, 9.17) is 0 Å². The van der Waals surface area contributed by atoms with E-state index in [1.54, 1.807) is 11.7 Å². The van der Waals surface area contributed by atoms with Crippen LogP contribution in [0, 0.1) is 0 Å². The van der Waals surface area contributed by atoms with Crippen molar-refractivity contribution < 1.29 is 4.79 Å². The standard InChI is InChI=1S/C21H28N6O2/c1-4-26(5-2)17(11-16-9-7-6-8-10-16)12-22-19(28)14-27-15-23-20-18(21(27)29)13-24-25(20)3/h6-10,13,15,17H,4-5,11-12,14H2,1-3H3,(H,22,28). The Kier molecular flexibility index (Phi) is 6.77. The predicted octanol–water partition coefficient (Wildman–Crippen LogP) is 1.20. The van der Waals surface area contributed by atoms with Crippen LogP contribution in [0.15, 0.2) is 47.7 Å². The van der Waals surface area contributed by atoms with Gasteiger partial charge >= 0.3 is 0 Å². The molecule has 0 fully saturated rings. The number of hydrogen-bond donors (Lipinski definition) is 1. The molecule has 0 aliphatic carbocycles. The Morgan fingerprint density at radius 2 is 1.93 bits per heavy atom. The minimum absolute atomic E-state index is 0.0625. The van der Waals surface area contributed by atoms with Crippen molar-refractivity contribution in [3.05, 3.63) is 58.8 Å². The maximum absolute atomic E-state index is 12.5. The first-order chi connectivity index (χ1) is 14.0. The third kappa shape index (κ3) is 4.89. The molecule has 3 rings (SSSR count). The Bertz CT molecular complexity index is 1010. The van der Waals surface area contributed by atoms with Gasteiger partial charge < -0.3 is 5.32 Å². The molecule has 1 N–H and O–H groups in total. The van der Waals surface area contributed by atoms with Gasteiger partial charge in [-0.05, 0) is 25.1 Å². The van der Waals surface area contributed by atoms with Gasteiger partial charge in [0.2, 0.25) is 5.91 Å². The first-order valence-corrected chi connectivity index (χ1v) is 9.95. The molecule has 0 radical (unpaired) electrons. The van der Waals surface area contributed by atoms with Crippen molar-refractivity contribution in [1.82, 2.24) is 29.5 Å². The van der Waals surface area contributed by atoms with Crippen molar-refractivity contribution in [3.63, 3.8) is 0 Å². The third-order valence-electron chi connectivity index (χ3n) is 5.21. The molecule has 1 atom stereocenters. The maximum Gasteiger partial charge on any atom is 0.264 e. The summed E-state index contributed by atoms with van der Waals surface area (Å²) in [6, 6.07) is 10.5. The average molecular weight is 396 g/mol. The molecular formula is C21H28N6O2. The second kappa shape index (κ2) is 9.47. The number of aryl methyl sites for hydroxylation is 1. The van der Waals surface area contributed by atoms with Crippen LogP contribution in [0.1, 0.15) is 19.4 Å². The lowest BCUT2D eigenvalue weighted by Crippen LogP contribution is -2.46. The van der Waals surface area contributed by atoms with E-state index in [1.165, 1.54) is 22.7 Å². The normalized spacial score (nSPS) is 12.4. The van der Waals surface area contributed by atoms with Gasteiger partial charge in [-0.1, -0.05) is 44.2 Å². The average Bonchev–Trinajstić information content (AvgIpc) is 3.11. The predicted molar refractivity (Wildman–Crippen MR) is 113 cm³/mol. The van der Waals surface area contributed by atoms with Crippen LogP contribution in [-0.4, -0.2) is 55.8 Å². The van der Waals surface area contributed by atoms with Gasteiger partial charge in [-0.2, -0.15) is 5.10 Å². The molecule has 8 nitrogen and oxygen atoms in total. The molecule has 0 aliphatic heterocycles. The molecule has 154 valence electrons. The van der Waals surface area contributed by atoms with Gasteiger partial charge in [0.25, 0.3) is 5.56 Å². The minimum Gasteiger partial charge on any atom is -0.353 e. The Hall–Kier alpha value is -3.00. The molecular weight excluding hydrogens is 368 g/mol. The van der Waals surface area contributed by atoms with Gasteiger partial charge in [-0.25, -0.2) is 4.98 Å². The summed E-state index contributed by atoms with van der Waals surface area (Å²) >= 11 is 0. The van der Waals surface area contributed by atoms with E-state index in [0.29, 0.717) is 17.6 Å². The van der Waals surface area contributed by atoms with E-state index in [2.05, 4.69) is 46.3 Å². The number of rotatable bonds is 9. The summed E-state index contributed by atoms with van der Waals surface area (Å²) in [5, 5.41) is 7.45. The summed E-state index contributed by atoms with van der Waals surface area (Å²) in [6.45, 7) is 6.52. The molecule has 3 aromatic rings. The number of nitrogens with one attached hydrogen (secondary N) is 1. The summed E-state index contributed by atoms with van der Waals surface area (Å²) in [5.41, 5.74) is 1.49. The highest BCUT2D eigenvalue weighted by Gasteiger charge is 2.18. The molecule has 1 amide bonds. The molecule has 0 spiro atoms. The minimum atomic E-state index is -0.261. The smallest absolute Gasteiger partial charge is 0.264 e. The first-order valence-electron chi connectivity index (χ1n) is 9.95. The fourth-order valence-corrected chi connectivity index (χ4v) is 3.58. The molecule has 0 aliphatic rings. The van der Waals surface area contributed by atoms with Crippen molar-refractivity contribution in [2.24, 2.45) is 7.05 Å². The van der Waals surface area contributed by atoms with Gasteiger partial charge in [-0.3, -0.25) is 23.7 Å². The zero-order valence-corrected chi connectivity index (χ0v) is 17.2. The van der Waals surface area contributed by atoms with Crippen molar-refractivity contribution in [1.29, 1.82) is 0 Å². The fraction of sp³-hybridized carbons (Fsp3) is 0.429. The lowest BCUT2D eigenvalue weighted by atomic mass is 10.0. The first kappa shape index (κ1) is 20.7. The molecule has 2 heterocycles. The van der Waals surface area contributed by atoms with Gasteiger partial charge in [0, 0.05) is 19.6 Å². The Balaban J connectivity index is 1.66. The third-order valence-corrected chi connectivity index (χ3v) is 5.21. The van der Waals surface area contributed by atoms with E-state index in [9.17, 15) is 9.59 Å². The van der Waals surface area contributed by atoms with Gasteiger partial charge in [0.15, 0.2) is 5.65 Å². The zero-order valence-electron chi connectivity index (χ0n) is 17.2. The molecule has 0 saturated heterocycles. The SMILES string of the molecule is CCN(CC)C(CNC(=O)Cn1cnc2c(cnn2C)c1=O)Cc1ccccc1. The zero-order chi connectivity index (χ0) is 20.8. The molecule has 1 unspecified atom stereocenters. The van der Waals surface area contributed by atoms with E-state index in [-0.39, 0.29) is 24.1 Å². The maximum atomic E-state index is 12.5. The summed E-state index contributed by atoms with van der Waals surface area (Å²) in [7, 11) is 1.73. The Morgan fingerprint density at radius 3 is 2.62 bits per heavy atom. The number of fused-ring (bicyclic) bond motifs is 1. The lowest BCUT2D eigenvalue weighted by Gasteiger charge is -2.30. The molecule has 0 bridgehead atoms. The Morgan fingerprint density at radius 1 is 1.21 bits per heavy atom. The van der Waals surface area contributed by atoms with Crippen LogP contribution in [0.5, 0.6) is 0 Å². The second-order valence-corrected chi connectivity index (χ2v) is 7.05. The number of likely N-dealkylation sites (N-methyl/N-ethyl adjacent to an activating group) is 1. The number of carbonyl (C=O) groups excluding carboxylic acids is 1. The number of benzene rings is 1. The van der Waals surface area contributed by atoms with Crippen molar-refractivity contribution >= 4 is 16.9 Å². The van der Waals surface area contributed by atoms with Gasteiger partial charge in [0.05, 0.1) is 6.20 Å². The van der Waals surface area contributed by atoms with Crippen LogP contribution >= 0.6 is 0 Å². The van der Waals surface area contributed by atoms with Crippen molar-refractivity contribution in [2.45, 2.75) is 32.9 Å². The fourth-order valence-electron chi connectivity index (χ4n) is 3.58. The van der Waals surface area contributed by atoms with Crippen LogP contribution in [-0.2, 0) is 24.8 Å². The number of amides is 1. The highest BCUT2D eigenvalue weighted by molar-refractivity contribution is 5.77. The number of aromatic nitrogens is 4. The van der Waals surface area contributed by atoms with Crippen LogP contribution in [0.4, 0.5) is 0 Å².